The Morgan fingerprint density at radius 2 is 1.52 bits per heavy atom. The molecule has 1 fully saturated rings. The van der Waals surface area contributed by atoms with Crippen LogP contribution in [0.1, 0.15) is 23.2 Å². The average Bonchev–Trinajstić information content (AvgIpc) is 2.68. The summed E-state index contributed by atoms with van der Waals surface area (Å²) in [5, 5.41) is 5.74. The summed E-state index contributed by atoms with van der Waals surface area (Å²) in [5.74, 6) is 0.496. The van der Waals surface area contributed by atoms with Gasteiger partial charge in [0.1, 0.15) is 0 Å². The number of anilines is 1. The summed E-state index contributed by atoms with van der Waals surface area (Å²) in [6, 6.07) is 18.6. The highest BCUT2D eigenvalue weighted by Crippen LogP contribution is 2.18. The van der Waals surface area contributed by atoms with Gasteiger partial charge in [0.25, 0.3) is 5.91 Å². The van der Waals surface area contributed by atoms with Crippen molar-refractivity contribution >= 4 is 17.6 Å². The summed E-state index contributed by atoms with van der Waals surface area (Å²) in [4.78, 5) is 26.2. The van der Waals surface area contributed by atoms with E-state index in [0.29, 0.717) is 12.5 Å². The molecular formula is C20H23N3O2. The number of carbonyl (C=O) groups excluding carboxylic acids is 2. The Morgan fingerprint density at radius 1 is 0.920 bits per heavy atom. The van der Waals surface area contributed by atoms with Crippen molar-refractivity contribution in [2.75, 3.05) is 25.0 Å². The zero-order chi connectivity index (χ0) is 17.5. The van der Waals surface area contributed by atoms with Gasteiger partial charge in [-0.15, -0.1) is 0 Å². The van der Waals surface area contributed by atoms with E-state index in [-0.39, 0.29) is 11.9 Å². The number of rotatable bonds is 4. The van der Waals surface area contributed by atoms with Gasteiger partial charge in [0, 0.05) is 30.9 Å². The van der Waals surface area contributed by atoms with Crippen molar-refractivity contribution < 1.29 is 9.59 Å². The molecule has 0 spiro atoms. The van der Waals surface area contributed by atoms with Crippen molar-refractivity contribution in [2.45, 2.75) is 12.8 Å². The lowest BCUT2D eigenvalue weighted by Crippen LogP contribution is -2.42. The van der Waals surface area contributed by atoms with Crippen LogP contribution >= 0.6 is 0 Å². The van der Waals surface area contributed by atoms with E-state index in [0.717, 1.165) is 37.2 Å². The molecule has 0 saturated carbocycles. The molecule has 25 heavy (non-hydrogen) atoms. The minimum Gasteiger partial charge on any atom is -0.339 e. The van der Waals surface area contributed by atoms with Crippen LogP contribution in [-0.4, -0.2) is 36.5 Å². The molecule has 2 aromatic rings. The van der Waals surface area contributed by atoms with Gasteiger partial charge in [0.05, 0.1) is 0 Å². The molecule has 3 amide bonds. The van der Waals surface area contributed by atoms with Gasteiger partial charge in [0.15, 0.2) is 0 Å². The van der Waals surface area contributed by atoms with Crippen LogP contribution in [0.2, 0.25) is 0 Å². The van der Waals surface area contributed by atoms with E-state index in [1.807, 2.05) is 65.6 Å². The Labute approximate surface area is 148 Å². The maximum Gasteiger partial charge on any atom is 0.319 e. The number of hydrogen-bond donors (Lipinski definition) is 2. The van der Waals surface area contributed by atoms with Gasteiger partial charge in [0.2, 0.25) is 0 Å². The minimum atomic E-state index is -0.186. The van der Waals surface area contributed by atoms with Crippen LogP contribution < -0.4 is 10.6 Å². The molecule has 130 valence electrons. The number of para-hydroxylation sites is 1. The predicted octanol–water partition coefficient (Wildman–Crippen LogP) is 3.36. The van der Waals surface area contributed by atoms with E-state index >= 15 is 0 Å². The highest BCUT2D eigenvalue weighted by molar-refractivity contribution is 5.94. The van der Waals surface area contributed by atoms with E-state index < -0.39 is 0 Å². The van der Waals surface area contributed by atoms with E-state index in [1.54, 1.807) is 0 Å². The highest BCUT2D eigenvalue weighted by atomic mass is 16.2. The molecule has 0 atom stereocenters. The first-order valence-corrected chi connectivity index (χ1v) is 8.66. The minimum absolute atomic E-state index is 0.0915. The molecule has 0 aromatic heterocycles. The van der Waals surface area contributed by atoms with Crippen molar-refractivity contribution in [1.82, 2.24) is 10.2 Å². The third kappa shape index (κ3) is 4.83. The lowest BCUT2D eigenvalue weighted by molar-refractivity contribution is 0.0691. The molecule has 0 radical (unpaired) electrons. The first-order chi connectivity index (χ1) is 12.2. The van der Waals surface area contributed by atoms with Gasteiger partial charge in [-0.25, -0.2) is 4.79 Å². The van der Waals surface area contributed by atoms with Crippen molar-refractivity contribution in [3.63, 3.8) is 0 Å². The third-order valence-corrected chi connectivity index (χ3v) is 4.51. The lowest BCUT2D eigenvalue weighted by Gasteiger charge is -2.32. The second-order valence-corrected chi connectivity index (χ2v) is 6.30. The molecule has 2 N–H and O–H groups in total. The molecule has 0 unspecified atom stereocenters. The number of benzene rings is 2. The zero-order valence-corrected chi connectivity index (χ0v) is 14.2. The molecule has 0 aliphatic carbocycles. The summed E-state index contributed by atoms with van der Waals surface area (Å²) in [6.07, 6.45) is 1.81. The molecule has 1 heterocycles. The van der Waals surface area contributed by atoms with Crippen LogP contribution in [0.5, 0.6) is 0 Å². The highest BCUT2D eigenvalue weighted by Gasteiger charge is 2.23. The second kappa shape index (κ2) is 8.33. The molecule has 1 saturated heterocycles. The monoisotopic (exact) mass is 337 g/mol. The van der Waals surface area contributed by atoms with Crippen molar-refractivity contribution in [1.29, 1.82) is 0 Å². The Kier molecular flexibility index (Phi) is 5.67. The van der Waals surface area contributed by atoms with Gasteiger partial charge in [-0.05, 0) is 43.0 Å². The first-order valence-electron chi connectivity index (χ1n) is 8.66. The third-order valence-electron chi connectivity index (χ3n) is 4.51. The summed E-state index contributed by atoms with van der Waals surface area (Å²) in [7, 11) is 0. The molecule has 3 rings (SSSR count). The molecule has 1 aliphatic rings. The Morgan fingerprint density at radius 3 is 2.16 bits per heavy atom. The standard InChI is InChI=1S/C20H23N3O2/c24-19(17-7-3-1-4-8-17)23-13-11-16(12-14-23)15-21-20(25)22-18-9-5-2-6-10-18/h1-10,16H,11-15H2,(H2,21,22,25). The van der Waals surface area contributed by atoms with Crippen LogP contribution in [0.4, 0.5) is 10.5 Å². The normalized spacial score (nSPS) is 14.8. The van der Waals surface area contributed by atoms with Gasteiger partial charge in [-0.2, -0.15) is 0 Å². The molecule has 5 heteroatoms. The second-order valence-electron chi connectivity index (χ2n) is 6.30. The number of likely N-dealkylation sites (tertiary alicyclic amines) is 1. The maximum absolute atomic E-state index is 12.4. The zero-order valence-electron chi connectivity index (χ0n) is 14.2. The fourth-order valence-corrected chi connectivity index (χ4v) is 3.04. The Hall–Kier alpha value is -2.82. The van der Waals surface area contributed by atoms with Crippen molar-refractivity contribution in [2.24, 2.45) is 5.92 Å². The van der Waals surface area contributed by atoms with Crippen LogP contribution in [0.15, 0.2) is 60.7 Å². The van der Waals surface area contributed by atoms with E-state index in [4.69, 9.17) is 0 Å². The Bertz CT molecular complexity index is 695. The fourth-order valence-electron chi connectivity index (χ4n) is 3.04. The maximum atomic E-state index is 12.4. The summed E-state index contributed by atoms with van der Waals surface area (Å²) in [5.41, 5.74) is 1.52. The van der Waals surface area contributed by atoms with E-state index in [2.05, 4.69) is 10.6 Å². The number of nitrogens with zero attached hydrogens (tertiary/aromatic N) is 1. The SMILES string of the molecule is O=C(NCC1CCN(C(=O)c2ccccc2)CC1)Nc1ccccc1. The van der Waals surface area contributed by atoms with Crippen molar-refractivity contribution in [3.05, 3.63) is 66.2 Å². The summed E-state index contributed by atoms with van der Waals surface area (Å²) < 4.78 is 0. The lowest BCUT2D eigenvalue weighted by atomic mass is 9.96. The van der Waals surface area contributed by atoms with Gasteiger partial charge >= 0.3 is 6.03 Å². The molecule has 0 bridgehead atoms. The van der Waals surface area contributed by atoms with Gasteiger partial charge in [-0.1, -0.05) is 36.4 Å². The van der Waals surface area contributed by atoms with Gasteiger partial charge in [-0.3, -0.25) is 4.79 Å². The van der Waals surface area contributed by atoms with Crippen LogP contribution in [0.3, 0.4) is 0 Å². The van der Waals surface area contributed by atoms with Gasteiger partial charge < -0.3 is 15.5 Å². The van der Waals surface area contributed by atoms with Crippen LogP contribution in [-0.2, 0) is 0 Å². The number of carbonyl (C=O) groups is 2. The average molecular weight is 337 g/mol. The number of amides is 3. The number of hydrogen-bond acceptors (Lipinski definition) is 2. The summed E-state index contributed by atoms with van der Waals surface area (Å²) >= 11 is 0. The number of piperidine rings is 1. The molecule has 2 aromatic carbocycles. The topological polar surface area (TPSA) is 61.4 Å². The smallest absolute Gasteiger partial charge is 0.319 e. The van der Waals surface area contributed by atoms with Crippen LogP contribution in [0, 0.1) is 5.92 Å². The van der Waals surface area contributed by atoms with E-state index in [1.165, 1.54) is 0 Å². The Balaban J connectivity index is 1.41. The number of nitrogens with one attached hydrogen (secondary N) is 2. The molecule has 5 nitrogen and oxygen atoms in total. The van der Waals surface area contributed by atoms with Crippen LogP contribution in [0.25, 0.3) is 0 Å². The van der Waals surface area contributed by atoms with Crippen molar-refractivity contribution in [3.8, 4) is 0 Å². The number of urea groups is 1. The first kappa shape index (κ1) is 17.0. The quantitative estimate of drug-likeness (QED) is 0.899. The van der Waals surface area contributed by atoms with E-state index in [9.17, 15) is 9.59 Å². The molecular weight excluding hydrogens is 314 g/mol. The summed E-state index contributed by atoms with van der Waals surface area (Å²) in [6.45, 7) is 2.10. The fraction of sp³-hybridized carbons (Fsp3) is 0.300. The molecule has 1 aliphatic heterocycles. The predicted molar refractivity (Wildman–Crippen MR) is 98.5 cm³/mol. The largest absolute Gasteiger partial charge is 0.339 e.